The van der Waals surface area contributed by atoms with Gasteiger partial charge in [-0.05, 0) is 20.8 Å². The molecule has 1 heterocycles. The van der Waals surface area contributed by atoms with E-state index in [9.17, 15) is 4.79 Å². The number of aliphatic carboxylic acids is 1. The van der Waals surface area contributed by atoms with Gasteiger partial charge in [0.05, 0.1) is 16.9 Å². The van der Waals surface area contributed by atoms with E-state index in [-0.39, 0.29) is 19.5 Å². The Morgan fingerprint density at radius 3 is 2.35 bits per heavy atom. The number of hydrogen-bond acceptors (Lipinski definition) is 3. The van der Waals surface area contributed by atoms with Crippen LogP contribution in [0, 0.1) is 11.5 Å². The zero-order chi connectivity index (χ0) is 12.2. The van der Waals surface area contributed by atoms with Crippen LogP contribution >= 0.6 is 0 Å². The normalized spacial score (nSPS) is 11.9. The van der Waals surface area contributed by atoms with E-state index >= 15 is 0 Å². The summed E-state index contributed by atoms with van der Waals surface area (Å²) in [6, 6.07) is 8.29. The topological polar surface area (TPSA) is 55.8 Å². The maximum absolute atomic E-state index is 10.0. The van der Waals surface area contributed by atoms with Gasteiger partial charge in [-0.2, -0.15) is 12.1 Å². The number of carboxylic acids is 1. The largest absolute Gasteiger partial charge is 0.516 e. The molecule has 0 aliphatic carbocycles. The summed E-state index contributed by atoms with van der Waals surface area (Å²) in [7, 11) is 0. The second-order valence-corrected chi connectivity index (χ2v) is 4.33. The molecule has 0 spiro atoms. The second-order valence-electron chi connectivity index (χ2n) is 4.33. The van der Waals surface area contributed by atoms with Crippen molar-refractivity contribution in [3.8, 4) is 11.5 Å². The van der Waals surface area contributed by atoms with Crippen molar-refractivity contribution >= 4 is 5.97 Å². The van der Waals surface area contributed by atoms with Crippen LogP contribution in [0.25, 0.3) is 0 Å². The van der Waals surface area contributed by atoms with Crippen LogP contribution in [-0.2, 0) is 24.3 Å². The molecule has 0 aromatic heterocycles. The van der Waals surface area contributed by atoms with E-state index in [1.165, 1.54) is 0 Å². The molecule has 1 aromatic carbocycles. The molecule has 0 saturated carbocycles. The summed E-state index contributed by atoms with van der Waals surface area (Å²) < 4.78 is 10.1. The Balaban J connectivity index is 0.000000296. The van der Waals surface area contributed by atoms with Gasteiger partial charge in [0, 0.05) is 19.5 Å². The van der Waals surface area contributed by atoms with Crippen LogP contribution in [0.15, 0.2) is 18.2 Å². The number of carbonyl (C=O) groups is 1. The first kappa shape index (κ1) is 15.9. The van der Waals surface area contributed by atoms with E-state index in [1.54, 1.807) is 32.9 Å². The molecule has 0 atom stereocenters. The van der Waals surface area contributed by atoms with E-state index in [2.05, 4.69) is 6.07 Å². The minimum Gasteiger partial charge on any atom is -0.516 e. The summed E-state index contributed by atoms with van der Waals surface area (Å²) in [5, 5.41) is 8.25. The van der Waals surface area contributed by atoms with Gasteiger partial charge < -0.3 is 14.6 Å². The van der Waals surface area contributed by atoms with Crippen LogP contribution in [0.4, 0.5) is 0 Å². The van der Waals surface area contributed by atoms with E-state index in [0.29, 0.717) is 6.79 Å². The molecule has 5 heteroatoms. The van der Waals surface area contributed by atoms with Gasteiger partial charge in [0.25, 0.3) is 0 Å². The predicted molar refractivity (Wildman–Crippen MR) is 58.5 cm³/mol. The fourth-order valence-electron chi connectivity index (χ4n) is 0.789. The van der Waals surface area contributed by atoms with Crippen molar-refractivity contribution in [2.75, 3.05) is 6.79 Å². The van der Waals surface area contributed by atoms with Crippen molar-refractivity contribution in [2.45, 2.75) is 20.8 Å². The number of benzene rings is 1. The van der Waals surface area contributed by atoms with E-state index in [1.807, 2.05) is 6.07 Å². The summed E-state index contributed by atoms with van der Waals surface area (Å²) in [5.41, 5.74) is -0.583. The fourth-order valence-corrected chi connectivity index (χ4v) is 0.789. The van der Waals surface area contributed by atoms with Crippen molar-refractivity contribution in [3.63, 3.8) is 0 Å². The van der Waals surface area contributed by atoms with Crippen LogP contribution in [0.1, 0.15) is 20.8 Å². The molecular formula is C12H15O4Zn-. The first-order valence-corrected chi connectivity index (χ1v) is 4.90. The van der Waals surface area contributed by atoms with Crippen molar-refractivity contribution < 1.29 is 38.9 Å². The molecule has 1 aliphatic rings. The molecule has 0 bridgehead atoms. The number of rotatable bonds is 0. The third-order valence-corrected chi connectivity index (χ3v) is 1.86. The van der Waals surface area contributed by atoms with Crippen LogP contribution in [0.5, 0.6) is 11.5 Å². The molecule has 90 valence electrons. The number of fused-ring (bicyclic) bond motifs is 1. The van der Waals surface area contributed by atoms with Crippen LogP contribution in [0.2, 0.25) is 0 Å². The van der Waals surface area contributed by atoms with Gasteiger partial charge in [-0.1, -0.05) is 0 Å². The van der Waals surface area contributed by atoms with Crippen molar-refractivity contribution in [2.24, 2.45) is 5.41 Å². The summed E-state index contributed by atoms with van der Waals surface area (Å²) in [5.74, 6) is 0.846. The SMILES string of the molecule is CC(C)(C)C(=O)O.[Zn].[c-]1ccc2c(c1)OCO2. The zero-order valence-electron chi connectivity index (χ0n) is 10.3. The van der Waals surface area contributed by atoms with Gasteiger partial charge in [-0.15, -0.1) is 12.1 Å². The molecular weight excluding hydrogens is 274 g/mol. The average molecular weight is 289 g/mol. The first-order chi connectivity index (χ1) is 7.41. The van der Waals surface area contributed by atoms with Crippen molar-refractivity contribution in [1.29, 1.82) is 0 Å². The maximum Gasteiger partial charge on any atom is 0.308 e. The Labute approximate surface area is 114 Å². The molecule has 0 amide bonds. The molecule has 4 nitrogen and oxygen atoms in total. The van der Waals surface area contributed by atoms with Crippen LogP contribution < -0.4 is 9.47 Å². The summed E-state index contributed by atoms with van der Waals surface area (Å²) in [4.78, 5) is 10.0. The number of carboxylic acid groups (broad SMARTS) is 1. The fraction of sp³-hybridized carbons (Fsp3) is 0.417. The Kier molecular flexibility index (Phi) is 6.18. The number of hydrogen-bond donors (Lipinski definition) is 1. The summed E-state index contributed by atoms with van der Waals surface area (Å²) in [6.07, 6.45) is 0. The quantitative estimate of drug-likeness (QED) is 0.588. The first-order valence-electron chi connectivity index (χ1n) is 4.90. The second kappa shape index (κ2) is 6.60. The van der Waals surface area contributed by atoms with Crippen molar-refractivity contribution in [1.82, 2.24) is 0 Å². The van der Waals surface area contributed by atoms with E-state index in [4.69, 9.17) is 14.6 Å². The van der Waals surface area contributed by atoms with E-state index in [0.717, 1.165) is 11.5 Å². The zero-order valence-corrected chi connectivity index (χ0v) is 13.3. The standard InChI is InChI=1S/C7H5O2.C5H10O2.Zn/c1-2-4-7-6(3-1)8-5-9-7;1-5(2,3)4(6)7;/h1,3-4H,5H2;1-3H3,(H,6,7);/q-1;;. The predicted octanol–water partition coefficient (Wildman–Crippen LogP) is 2.33. The minimum atomic E-state index is -0.757. The average Bonchev–Trinajstić information content (AvgIpc) is 2.64. The van der Waals surface area contributed by atoms with Gasteiger partial charge >= 0.3 is 5.97 Å². The smallest absolute Gasteiger partial charge is 0.308 e. The Morgan fingerprint density at radius 1 is 1.35 bits per heavy atom. The minimum absolute atomic E-state index is 0. The third kappa shape index (κ3) is 5.18. The van der Waals surface area contributed by atoms with Gasteiger partial charge in [0.2, 0.25) is 6.79 Å². The molecule has 1 aromatic rings. The molecule has 17 heavy (non-hydrogen) atoms. The molecule has 1 N–H and O–H groups in total. The summed E-state index contributed by atoms with van der Waals surface area (Å²) >= 11 is 0. The number of ether oxygens (including phenoxy) is 2. The maximum atomic E-state index is 10.0. The molecule has 1 aliphatic heterocycles. The van der Waals surface area contributed by atoms with Crippen molar-refractivity contribution in [3.05, 3.63) is 24.3 Å². The Bertz CT molecular complexity index is 348. The van der Waals surface area contributed by atoms with E-state index < -0.39 is 11.4 Å². The van der Waals surface area contributed by atoms with Gasteiger partial charge in [-0.25, -0.2) is 0 Å². The Morgan fingerprint density at radius 2 is 1.88 bits per heavy atom. The van der Waals surface area contributed by atoms with Gasteiger partial charge in [-0.3, -0.25) is 4.79 Å². The monoisotopic (exact) mass is 287 g/mol. The molecule has 0 radical (unpaired) electrons. The van der Waals surface area contributed by atoms with Gasteiger partial charge in [0.1, 0.15) is 0 Å². The summed E-state index contributed by atoms with van der Waals surface area (Å²) in [6.45, 7) is 5.33. The van der Waals surface area contributed by atoms with Crippen LogP contribution in [0.3, 0.4) is 0 Å². The molecule has 2 rings (SSSR count). The molecule has 0 fully saturated rings. The van der Waals surface area contributed by atoms with Gasteiger partial charge in [0.15, 0.2) is 0 Å². The molecule has 0 saturated heterocycles. The third-order valence-electron chi connectivity index (χ3n) is 1.86. The Hall–Kier alpha value is -1.09. The van der Waals surface area contributed by atoms with Crippen LogP contribution in [-0.4, -0.2) is 17.9 Å². The molecule has 0 unspecified atom stereocenters.